The Kier molecular flexibility index (Phi) is 5.50. The molecule has 0 atom stereocenters. The molecule has 0 aliphatic heterocycles. The van der Waals surface area contributed by atoms with Gasteiger partial charge in [0.05, 0.1) is 19.4 Å². The van der Waals surface area contributed by atoms with E-state index >= 15 is 0 Å². The van der Waals surface area contributed by atoms with Crippen LogP contribution in [0.2, 0.25) is 5.15 Å². The monoisotopic (exact) mass is 269 g/mol. The van der Waals surface area contributed by atoms with Crippen LogP contribution >= 0.6 is 11.6 Å². The van der Waals surface area contributed by atoms with Crippen LogP contribution in [0.15, 0.2) is 18.3 Å². The highest BCUT2D eigenvalue weighted by molar-refractivity contribution is 6.29. The Labute approximate surface area is 102 Å². The summed E-state index contributed by atoms with van der Waals surface area (Å²) in [5, 5.41) is 0.353. The second kappa shape index (κ2) is 6.66. The molecule has 1 rings (SSSR count). The van der Waals surface area contributed by atoms with E-state index in [0.717, 1.165) is 0 Å². The van der Waals surface area contributed by atoms with E-state index in [1.165, 1.54) is 6.20 Å². The largest absolute Gasteiger partial charge is 0.492 e. The zero-order valence-corrected chi connectivity index (χ0v) is 9.59. The highest BCUT2D eigenvalue weighted by Gasteiger charge is 2.27. The van der Waals surface area contributed by atoms with Gasteiger partial charge in [0, 0.05) is 6.42 Å². The first-order valence-corrected chi connectivity index (χ1v) is 5.24. The highest BCUT2D eigenvalue weighted by Crippen LogP contribution is 2.15. The van der Waals surface area contributed by atoms with E-state index in [2.05, 4.69) is 9.72 Å². The van der Waals surface area contributed by atoms with Crippen molar-refractivity contribution in [1.82, 2.24) is 4.98 Å². The van der Waals surface area contributed by atoms with Crippen molar-refractivity contribution in [3.8, 4) is 5.75 Å². The zero-order valence-electron chi connectivity index (χ0n) is 8.84. The number of aromatic nitrogens is 1. The van der Waals surface area contributed by atoms with Crippen molar-refractivity contribution >= 4 is 11.6 Å². The minimum Gasteiger partial charge on any atom is -0.492 e. The molecule has 0 aromatic carbocycles. The summed E-state index contributed by atoms with van der Waals surface area (Å²) in [6, 6.07) is 3.20. The van der Waals surface area contributed by atoms with Crippen molar-refractivity contribution in [1.29, 1.82) is 0 Å². The summed E-state index contributed by atoms with van der Waals surface area (Å²) in [5.41, 5.74) is 0. The van der Waals surface area contributed by atoms with Crippen molar-refractivity contribution in [3.05, 3.63) is 23.5 Å². The van der Waals surface area contributed by atoms with E-state index in [1.54, 1.807) is 12.1 Å². The van der Waals surface area contributed by atoms with Gasteiger partial charge in [0.15, 0.2) is 0 Å². The molecule has 0 spiro atoms. The lowest BCUT2D eigenvalue weighted by atomic mass is 10.4. The normalized spacial score (nSPS) is 11.5. The summed E-state index contributed by atoms with van der Waals surface area (Å²) in [4.78, 5) is 3.79. The highest BCUT2D eigenvalue weighted by atomic mass is 35.5. The van der Waals surface area contributed by atoms with Crippen molar-refractivity contribution < 1.29 is 22.6 Å². The standard InChI is InChI=1S/C10H11ClF3NO2/c11-9-3-2-8(6-15-9)17-5-1-4-16-7-10(12,13)14/h2-3,6H,1,4-5,7H2. The minimum absolute atomic E-state index is 0.000524. The maximum atomic E-state index is 11.7. The number of pyridine rings is 1. The molecule has 0 N–H and O–H groups in total. The quantitative estimate of drug-likeness (QED) is 0.587. The van der Waals surface area contributed by atoms with Crippen molar-refractivity contribution in [3.63, 3.8) is 0 Å². The fraction of sp³-hybridized carbons (Fsp3) is 0.500. The zero-order chi connectivity index (χ0) is 12.7. The van der Waals surface area contributed by atoms with Gasteiger partial charge in [-0.15, -0.1) is 0 Å². The van der Waals surface area contributed by atoms with Crippen LogP contribution in [0.1, 0.15) is 6.42 Å². The molecule has 0 saturated carbocycles. The third-order valence-corrected chi connectivity index (χ3v) is 1.89. The van der Waals surface area contributed by atoms with Gasteiger partial charge in [-0.1, -0.05) is 11.6 Å². The van der Waals surface area contributed by atoms with E-state index in [0.29, 0.717) is 17.3 Å². The Morgan fingerprint density at radius 2 is 2.00 bits per heavy atom. The summed E-state index contributed by atoms with van der Waals surface area (Å²) in [5.74, 6) is 0.519. The van der Waals surface area contributed by atoms with Crippen LogP contribution in [0.4, 0.5) is 13.2 Å². The van der Waals surface area contributed by atoms with Crippen LogP contribution in [-0.2, 0) is 4.74 Å². The van der Waals surface area contributed by atoms with Crippen LogP contribution in [0, 0.1) is 0 Å². The van der Waals surface area contributed by atoms with Gasteiger partial charge in [-0.25, -0.2) is 4.98 Å². The van der Waals surface area contributed by atoms with Gasteiger partial charge < -0.3 is 9.47 Å². The van der Waals surface area contributed by atoms with Gasteiger partial charge in [0.2, 0.25) is 0 Å². The fourth-order valence-electron chi connectivity index (χ4n) is 0.987. The molecule has 0 aliphatic carbocycles. The molecule has 0 radical (unpaired) electrons. The molecule has 96 valence electrons. The Morgan fingerprint density at radius 1 is 1.24 bits per heavy atom. The second-order valence-corrected chi connectivity index (χ2v) is 3.57. The average Bonchev–Trinajstić information content (AvgIpc) is 2.24. The number of nitrogens with zero attached hydrogens (tertiary/aromatic N) is 1. The summed E-state index contributed by atoms with van der Waals surface area (Å²) < 4.78 is 44.7. The lowest BCUT2D eigenvalue weighted by Crippen LogP contribution is -2.18. The van der Waals surface area contributed by atoms with Crippen LogP contribution in [0.25, 0.3) is 0 Å². The van der Waals surface area contributed by atoms with Crippen LogP contribution < -0.4 is 4.74 Å². The van der Waals surface area contributed by atoms with Crippen LogP contribution in [0.5, 0.6) is 5.75 Å². The number of hydrogen-bond acceptors (Lipinski definition) is 3. The Hall–Kier alpha value is -1.01. The van der Waals surface area contributed by atoms with E-state index in [1.807, 2.05) is 0 Å². The molecule has 17 heavy (non-hydrogen) atoms. The smallest absolute Gasteiger partial charge is 0.411 e. The molecule has 0 bridgehead atoms. The first-order valence-electron chi connectivity index (χ1n) is 4.86. The molecular formula is C10H11ClF3NO2. The van der Waals surface area contributed by atoms with E-state index < -0.39 is 12.8 Å². The molecular weight excluding hydrogens is 259 g/mol. The Morgan fingerprint density at radius 3 is 2.59 bits per heavy atom. The molecule has 0 fully saturated rings. The molecule has 0 saturated heterocycles. The predicted molar refractivity (Wildman–Crippen MR) is 56.2 cm³/mol. The molecule has 1 aromatic rings. The molecule has 3 nitrogen and oxygen atoms in total. The van der Waals surface area contributed by atoms with E-state index in [-0.39, 0.29) is 13.2 Å². The SMILES string of the molecule is FC(F)(F)COCCCOc1ccc(Cl)nc1. The molecule has 1 heterocycles. The topological polar surface area (TPSA) is 31.4 Å². The van der Waals surface area contributed by atoms with E-state index in [9.17, 15) is 13.2 Å². The third kappa shape index (κ3) is 7.01. The lowest BCUT2D eigenvalue weighted by Gasteiger charge is -2.08. The summed E-state index contributed by atoms with van der Waals surface area (Å²) in [6.07, 6.45) is -2.46. The minimum atomic E-state index is -4.28. The van der Waals surface area contributed by atoms with Gasteiger partial charge in [-0.3, -0.25) is 0 Å². The lowest BCUT2D eigenvalue weighted by molar-refractivity contribution is -0.174. The molecule has 7 heteroatoms. The van der Waals surface area contributed by atoms with Gasteiger partial charge in [0.25, 0.3) is 0 Å². The van der Waals surface area contributed by atoms with Crippen LogP contribution in [-0.4, -0.2) is 31.0 Å². The third-order valence-electron chi connectivity index (χ3n) is 1.67. The number of hydrogen-bond donors (Lipinski definition) is 0. The Bertz CT molecular complexity index is 329. The van der Waals surface area contributed by atoms with Gasteiger partial charge >= 0.3 is 6.18 Å². The van der Waals surface area contributed by atoms with Crippen LogP contribution in [0.3, 0.4) is 0 Å². The number of ether oxygens (including phenoxy) is 2. The fourth-order valence-corrected chi connectivity index (χ4v) is 1.10. The molecule has 1 aromatic heterocycles. The maximum absolute atomic E-state index is 11.7. The second-order valence-electron chi connectivity index (χ2n) is 3.19. The molecule has 0 aliphatic rings. The Balaban J connectivity index is 2.07. The van der Waals surface area contributed by atoms with Crippen molar-refractivity contribution in [2.45, 2.75) is 12.6 Å². The maximum Gasteiger partial charge on any atom is 0.411 e. The predicted octanol–water partition coefficient (Wildman–Crippen LogP) is 3.08. The number of rotatable bonds is 6. The first kappa shape index (κ1) is 14.1. The van der Waals surface area contributed by atoms with Gasteiger partial charge in [0.1, 0.15) is 17.5 Å². The van der Waals surface area contributed by atoms with Crippen molar-refractivity contribution in [2.75, 3.05) is 19.8 Å². The summed E-state index contributed by atoms with van der Waals surface area (Å²) in [6.45, 7) is -0.961. The average molecular weight is 270 g/mol. The summed E-state index contributed by atoms with van der Waals surface area (Å²) >= 11 is 5.56. The van der Waals surface area contributed by atoms with Gasteiger partial charge in [-0.2, -0.15) is 13.2 Å². The number of halogens is 4. The first-order chi connectivity index (χ1) is 7.97. The summed E-state index contributed by atoms with van der Waals surface area (Å²) in [7, 11) is 0. The molecule has 0 unspecified atom stereocenters. The number of alkyl halides is 3. The van der Waals surface area contributed by atoms with Gasteiger partial charge in [-0.05, 0) is 12.1 Å². The van der Waals surface area contributed by atoms with Crippen molar-refractivity contribution in [2.24, 2.45) is 0 Å². The van der Waals surface area contributed by atoms with E-state index in [4.69, 9.17) is 16.3 Å². The molecule has 0 amide bonds.